The topological polar surface area (TPSA) is 86.3 Å². The van der Waals surface area contributed by atoms with Crippen LogP contribution in [0.15, 0.2) is 60.3 Å². The Morgan fingerprint density at radius 3 is 2.29 bits per heavy atom. The normalized spacial score (nSPS) is 19.8. The van der Waals surface area contributed by atoms with Gasteiger partial charge in [-0.25, -0.2) is 0 Å². The van der Waals surface area contributed by atoms with Crippen molar-refractivity contribution in [2.75, 3.05) is 0 Å². The minimum Gasteiger partial charge on any atom is -0.258 e. The molecule has 2 aromatic rings. The van der Waals surface area contributed by atoms with Gasteiger partial charge in [0.05, 0.1) is 9.85 Å². The van der Waals surface area contributed by atoms with Crippen LogP contribution in [-0.4, -0.2) is 9.85 Å². The molecule has 0 radical (unpaired) electrons. The molecule has 0 saturated heterocycles. The molecule has 0 aliphatic heterocycles. The molecule has 0 bridgehead atoms. The Kier molecular flexibility index (Phi) is 4.26. The van der Waals surface area contributed by atoms with Crippen LogP contribution >= 0.6 is 11.3 Å². The molecule has 3 rings (SSSR count). The van der Waals surface area contributed by atoms with Crippen molar-refractivity contribution in [2.45, 2.75) is 12.8 Å². The fourth-order valence-electron chi connectivity index (χ4n) is 2.72. The summed E-state index contributed by atoms with van der Waals surface area (Å²) >= 11 is 1.60. The van der Waals surface area contributed by atoms with Crippen molar-refractivity contribution in [1.29, 1.82) is 0 Å². The van der Waals surface area contributed by atoms with Gasteiger partial charge in [0.25, 0.3) is 11.4 Å². The van der Waals surface area contributed by atoms with E-state index in [2.05, 4.69) is 0 Å². The molecule has 0 N–H and O–H groups in total. The molecular formula is C17H14N2O4S. The van der Waals surface area contributed by atoms with Crippen molar-refractivity contribution in [2.24, 2.45) is 5.92 Å². The van der Waals surface area contributed by atoms with Gasteiger partial charge >= 0.3 is 0 Å². The standard InChI is InChI=1S/C17H14N2O4S/c1-11-10-14(19(22)23)6-7-15(11)17-9-8-16(24-17)12-2-4-13(5-3-12)18(20)21/h2-11,15H,1H3. The highest BCUT2D eigenvalue weighted by Crippen LogP contribution is 2.39. The van der Waals surface area contributed by atoms with Crippen LogP contribution in [-0.2, 0) is 0 Å². The maximum Gasteiger partial charge on any atom is 0.269 e. The molecule has 1 aromatic carbocycles. The quantitative estimate of drug-likeness (QED) is 0.591. The van der Waals surface area contributed by atoms with Crippen LogP contribution < -0.4 is 0 Å². The Hall–Kier alpha value is -2.80. The predicted molar refractivity (Wildman–Crippen MR) is 92.5 cm³/mol. The van der Waals surface area contributed by atoms with Crippen molar-refractivity contribution in [3.63, 3.8) is 0 Å². The van der Waals surface area contributed by atoms with Crippen LogP contribution in [0.1, 0.15) is 17.7 Å². The summed E-state index contributed by atoms with van der Waals surface area (Å²) in [6.45, 7) is 1.96. The number of nitro groups is 2. The van der Waals surface area contributed by atoms with Crippen molar-refractivity contribution in [1.82, 2.24) is 0 Å². The Morgan fingerprint density at radius 2 is 1.71 bits per heavy atom. The first-order valence-electron chi connectivity index (χ1n) is 7.34. The highest BCUT2D eigenvalue weighted by atomic mass is 32.1. The van der Waals surface area contributed by atoms with Gasteiger partial charge in [-0.3, -0.25) is 20.2 Å². The second-order valence-corrected chi connectivity index (χ2v) is 6.71. The van der Waals surface area contributed by atoms with Gasteiger partial charge in [0.2, 0.25) is 0 Å². The highest BCUT2D eigenvalue weighted by Gasteiger charge is 2.24. The van der Waals surface area contributed by atoms with Crippen LogP contribution in [0.25, 0.3) is 10.4 Å². The summed E-state index contributed by atoms with van der Waals surface area (Å²) in [5.74, 6) is 0.143. The van der Waals surface area contributed by atoms with Crippen LogP contribution in [0.5, 0.6) is 0 Å². The van der Waals surface area contributed by atoms with Gasteiger partial charge in [0, 0.05) is 33.9 Å². The molecule has 2 atom stereocenters. The molecule has 0 spiro atoms. The van der Waals surface area contributed by atoms with Crippen LogP contribution in [0.3, 0.4) is 0 Å². The molecular weight excluding hydrogens is 328 g/mol. The summed E-state index contributed by atoms with van der Waals surface area (Å²) in [5.41, 5.74) is 1.12. The lowest BCUT2D eigenvalue weighted by molar-refractivity contribution is -0.419. The third-order valence-corrected chi connectivity index (χ3v) is 5.24. The Labute approximate surface area is 142 Å². The number of benzene rings is 1. The van der Waals surface area contributed by atoms with Gasteiger partial charge in [-0.2, -0.15) is 0 Å². The van der Waals surface area contributed by atoms with Crippen LogP contribution in [0, 0.1) is 26.1 Å². The SMILES string of the molecule is CC1C=C([N+](=O)[O-])C=CC1c1ccc(-c2ccc([N+](=O)[O-])cc2)s1. The summed E-state index contributed by atoms with van der Waals surface area (Å²) in [6.07, 6.45) is 5.10. The molecule has 1 heterocycles. The van der Waals surface area contributed by atoms with Crippen LogP contribution in [0.2, 0.25) is 0 Å². The van der Waals surface area contributed by atoms with E-state index in [-0.39, 0.29) is 28.1 Å². The molecule has 7 heteroatoms. The van der Waals surface area contributed by atoms with Gasteiger partial charge in [0.1, 0.15) is 0 Å². The lowest BCUT2D eigenvalue weighted by atomic mass is 9.88. The monoisotopic (exact) mass is 342 g/mol. The summed E-state index contributed by atoms with van der Waals surface area (Å²) in [6, 6.07) is 10.4. The smallest absolute Gasteiger partial charge is 0.258 e. The van der Waals surface area contributed by atoms with Gasteiger partial charge in [0.15, 0.2) is 0 Å². The van der Waals surface area contributed by atoms with E-state index in [1.165, 1.54) is 12.1 Å². The van der Waals surface area contributed by atoms with E-state index in [1.54, 1.807) is 35.6 Å². The van der Waals surface area contributed by atoms with E-state index in [4.69, 9.17) is 0 Å². The fraction of sp³-hybridized carbons (Fsp3) is 0.176. The largest absolute Gasteiger partial charge is 0.269 e. The lowest BCUT2D eigenvalue weighted by Crippen LogP contribution is -2.11. The number of non-ortho nitro benzene ring substituents is 1. The Balaban J connectivity index is 1.82. The zero-order chi connectivity index (χ0) is 17.3. The van der Waals surface area contributed by atoms with Gasteiger partial charge < -0.3 is 0 Å². The molecule has 2 unspecified atom stereocenters. The van der Waals surface area contributed by atoms with E-state index < -0.39 is 4.92 Å². The summed E-state index contributed by atoms with van der Waals surface area (Å²) in [4.78, 5) is 22.9. The minimum atomic E-state index is -0.419. The summed E-state index contributed by atoms with van der Waals surface area (Å²) < 4.78 is 0. The number of rotatable bonds is 4. The summed E-state index contributed by atoms with van der Waals surface area (Å²) in [5, 5.41) is 21.6. The second kappa shape index (κ2) is 6.37. The molecule has 0 fully saturated rings. The first-order chi connectivity index (χ1) is 11.5. The molecule has 1 aromatic heterocycles. The molecule has 6 nitrogen and oxygen atoms in total. The predicted octanol–water partition coefficient (Wildman–Crippen LogP) is 4.77. The number of hydrogen-bond donors (Lipinski definition) is 0. The zero-order valence-corrected chi connectivity index (χ0v) is 13.6. The van der Waals surface area contributed by atoms with Gasteiger partial charge in [-0.05, 0) is 41.8 Å². The maximum absolute atomic E-state index is 10.8. The van der Waals surface area contributed by atoms with Crippen molar-refractivity contribution >= 4 is 17.0 Å². The van der Waals surface area contributed by atoms with Crippen LogP contribution in [0.4, 0.5) is 5.69 Å². The molecule has 122 valence electrons. The lowest BCUT2D eigenvalue weighted by Gasteiger charge is -2.19. The minimum absolute atomic E-state index is 0.0405. The average molecular weight is 342 g/mol. The first-order valence-corrected chi connectivity index (χ1v) is 8.16. The third kappa shape index (κ3) is 3.11. The molecule has 1 aliphatic rings. The molecule has 1 aliphatic carbocycles. The fourth-order valence-corrected chi connectivity index (χ4v) is 3.93. The number of allylic oxidation sites excluding steroid dienone is 3. The maximum atomic E-state index is 10.8. The van der Waals surface area contributed by atoms with Crippen molar-refractivity contribution in [3.8, 4) is 10.4 Å². The second-order valence-electron chi connectivity index (χ2n) is 5.60. The van der Waals surface area contributed by atoms with E-state index >= 15 is 0 Å². The van der Waals surface area contributed by atoms with Gasteiger partial charge in [-0.15, -0.1) is 11.3 Å². The number of thiophene rings is 1. The van der Waals surface area contributed by atoms with E-state index in [0.717, 1.165) is 15.3 Å². The zero-order valence-electron chi connectivity index (χ0n) is 12.8. The molecule has 24 heavy (non-hydrogen) atoms. The Bertz CT molecular complexity index is 852. The van der Waals surface area contributed by atoms with E-state index in [9.17, 15) is 20.2 Å². The first kappa shape index (κ1) is 16.1. The number of nitrogens with zero attached hydrogens (tertiary/aromatic N) is 2. The number of nitro benzene ring substituents is 1. The molecule has 0 amide bonds. The third-order valence-electron chi connectivity index (χ3n) is 4.00. The highest BCUT2D eigenvalue weighted by molar-refractivity contribution is 7.15. The molecule has 0 saturated carbocycles. The van der Waals surface area contributed by atoms with E-state index in [0.29, 0.717) is 0 Å². The average Bonchev–Trinajstić information content (AvgIpc) is 3.04. The number of hydrogen-bond acceptors (Lipinski definition) is 5. The van der Waals surface area contributed by atoms with Gasteiger partial charge in [-0.1, -0.05) is 13.0 Å². The van der Waals surface area contributed by atoms with E-state index in [1.807, 2.05) is 25.1 Å². The van der Waals surface area contributed by atoms with Crippen molar-refractivity contribution < 1.29 is 9.85 Å². The summed E-state index contributed by atoms with van der Waals surface area (Å²) in [7, 11) is 0. The Morgan fingerprint density at radius 1 is 1.00 bits per heavy atom. The van der Waals surface area contributed by atoms with Crippen molar-refractivity contribution in [3.05, 3.63) is 85.4 Å².